The summed E-state index contributed by atoms with van der Waals surface area (Å²) in [7, 11) is 0. The molecule has 39 heavy (non-hydrogen) atoms. The molecular formula is C29H25N7OS2. The normalized spacial score (nSPS) is 14.5. The van der Waals surface area contributed by atoms with E-state index in [1.807, 2.05) is 77.9 Å². The average Bonchev–Trinajstić information content (AvgIpc) is 3.62. The van der Waals surface area contributed by atoms with Crippen molar-refractivity contribution in [2.75, 3.05) is 0 Å². The van der Waals surface area contributed by atoms with E-state index in [0.717, 1.165) is 49.9 Å². The highest BCUT2D eigenvalue weighted by molar-refractivity contribution is 7.99. The lowest BCUT2D eigenvalue weighted by Gasteiger charge is -2.12. The Morgan fingerprint density at radius 1 is 1.08 bits per heavy atom. The van der Waals surface area contributed by atoms with Gasteiger partial charge in [0.15, 0.2) is 5.11 Å². The molecule has 0 saturated carbocycles. The minimum atomic E-state index is -0.182. The summed E-state index contributed by atoms with van der Waals surface area (Å²) >= 11 is 7.12. The third-order valence-electron chi connectivity index (χ3n) is 6.47. The Labute approximate surface area is 235 Å². The van der Waals surface area contributed by atoms with Gasteiger partial charge in [-0.1, -0.05) is 48.2 Å². The van der Waals surface area contributed by atoms with Gasteiger partial charge in [0.1, 0.15) is 10.7 Å². The summed E-state index contributed by atoms with van der Waals surface area (Å²) in [5.74, 6) is -0.182. The van der Waals surface area contributed by atoms with Crippen LogP contribution in [0.15, 0.2) is 94.9 Å². The lowest BCUT2D eigenvalue weighted by Crippen LogP contribution is -2.29. The Morgan fingerprint density at radius 2 is 1.90 bits per heavy atom. The Kier molecular flexibility index (Phi) is 6.72. The SMILES string of the molecule is CCn1cc(CN2C(=O)/C(=C\c3c(C)nn(-c4ccccc4)c3Sc3cccc4cccnc34)NC2=S)cn1. The van der Waals surface area contributed by atoms with Crippen LogP contribution in [0.5, 0.6) is 0 Å². The Balaban J connectivity index is 1.41. The van der Waals surface area contributed by atoms with Crippen molar-refractivity contribution in [3.05, 3.63) is 102 Å². The smallest absolute Gasteiger partial charge is 0.276 e. The molecule has 4 heterocycles. The Hall–Kier alpha value is -4.28. The zero-order chi connectivity index (χ0) is 26.9. The van der Waals surface area contributed by atoms with Crippen LogP contribution >= 0.6 is 24.0 Å². The van der Waals surface area contributed by atoms with Gasteiger partial charge in [0.05, 0.1) is 29.6 Å². The van der Waals surface area contributed by atoms with Crippen LogP contribution in [0.4, 0.5) is 0 Å². The molecule has 1 aliphatic heterocycles. The van der Waals surface area contributed by atoms with Crippen LogP contribution in [0.1, 0.15) is 23.7 Å². The Bertz CT molecular complexity index is 1730. The molecule has 1 fully saturated rings. The van der Waals surface area contributed by atoms with E-state index in [1.54, 1.807) is 29.1 Å². The molecule has 3 aromatic heterocycles. The van der Waals surface area contributed by atoms with E-state index in [9.17, 15) is 4.79 Å². The van der Waals surface area contributed by atoms with Crippen LogP contribution in [-0.2, 0) is 17.9 Å². The zero-order valence-electron chi connectivity index (χ0n) is 21.4. The number of amides is 1. The number of carbonyl (C=O) groups is 1. The summed E-state index contributed by atoms with van der Waals surface area (Å²) in [5.41, 5.74) is 4.81. The fraction of sp³-hybridized carbons (Fsp3) is 0.138. The summed E-state index contributed by atoms with van der Waals surface area (Å²) in [4.78, 5) is 20.7. The molecule has 10 heteroatoms. The largest absolute Gasteiger partial charge is 0.328 e. The molecule has 2 aromatic carbocycles. The zero-order valence-corrected chi connectivity index (χ0v) is 23.0. The Morgan fingerprint density at radius 3 is 2.69 bits per heavy atom. The molecule has 1 aliphatic rings. The van der Waals surface area contributed by atoms with E-state index in [1.165, 1.54) is 0 Å². The van der Waals surface area contributed by atoms with Gasteiger partial charge in [-0.3, -0.25) is 19.4 Å². The lowest BCUT2D eigenvalue weighted by molar-refractivity contribution is -0.122. The van der Waals surface area contributed by atoms with Gasteiger partial charge in [-0.2, -0.15) is 10.2 Å². The average molecular weight is 552 g/mol. The van der Waals surface area contributed by atoms with Gasteiger partial charge in [0.25, 0.3) is 5.91 Å². The number of nitrogens with zero attached hydrogens (tertiary/aromatic N) is 6. The van der Waals surface area contributed by atoms with Crippen molar-refractivity contribution in [1.82, 2.24) is 34.8 Å². The molecular weight excluding hydrogens is 527 g/mol. The van der Waals surface area contributed by atoms with E-state index in [0.29, 0.717) is 17.4 Å². The third kappa shape index (κ3) is 4.84. The van der Waals surface area contributed by atoms with Crippen LogP contribution in [-0.4, -0.2) is 40.5 Å². The molecule has 0 atom stereocenters. The van der Waals surface area contributed by atoms with Crippen molar-refractivity contribution < 1.29 is 4.79 Å². The van der Waals surface area contributed by atoms with E-state index >= 15 is 0 Å². The molecule has 1 saturated heterocycles. The van der Waals surface area contributed by atoms with E-state index < -0.39 is 0 Å². The predicted octanol–water partition coefficient (Wildman–Crippen LogP) is 5.35. The van der Waals surface area contributed by atoms with Crippen molar-refractivity contribution in [2.24, 2.45) is 0 Å². The molecule has 6 rings (SSSR count). The first-order valence-corrected chi connectivity index (χ1v) is 13.8. The number of rotatable bonds is 7. The first kappa shape index (κ1) is 25.0. The van der Waals surface area contributed by atoms with Gasteiger partial charge in [-0.05, 0) is 56.4 Å². The topological polar surface area (TPSA) is 80.9 Å². The number of benzene rings is 2. The quantitative estimate of drug-likeness (QED) is 0.216. The molecule has 5 aromatic rings. The molecule has 0 unspecified atom stereocenters. The number of pyridine rings is 1. The summed E-state index contributed by atoms with van der Waals surface area (Å²) in [5, 5.41) is 14.6. The summed E-state index contributed by atoms with van der Waals surface area (Å²) < 4.78 is 3.75. The third-order valence-corrected chi connectivity index (χ3v) is 7.93. The number of carbonyl (C=O) groups excluding carboxylic acids is 1. The fourth-order valence-corrected chi connectivity index (χ4v) is 5.92. The number of thiocarbonyl (C=S) groups is 1. The number of para-hydroxylation sites is 2. The van der Waals surface area contributed by atoms with E-state index in [-0.39, 0.29) is 5.91 Å². The molecule has 0 spiro atoms. The maximum Gasteiger partial charge on any atom is 0.276 e. The summed E-state index contributed by atoms with van der Waals surface area (Å²) in [6, 6.07) is 20.1. The van der Waals surface area contributed by atoms with Crippen molar-refractivity contribution in [1.29, 1.82) is 0 Å². The monoisotopic (exact) mass is 551 g/mol. The summed E-state index contributed by atoms with van der Waals surface area (Å²) in [6.07, 6.45) is 7.35. The number of nitrogens with one attached hydrogen (secondary N) is 1. The molecule has 194 valence electrons. The number of aryl methyl sites for hydroxylation is 2. The van der Waals surface area contributed by atoms with Crippen LogP contribution < -0.4 is 5.32 Å². The number of aromatic nitrogens is 5. The predicted molar refractivity (Wildman–Crippen MR) is 156 cm³/mol. The first-order valence-electron chi connectivity index (χ1n) is 12.5. The van der Waals surface area contributed by atoms with E-state index in [4.69, 9.17) is 17.3 Å². The van der Waals surface area contributed by atoms with Gasteiger partial charge in [-0.15, -0.1) is 0 Å². The van der Waals surface area contributed by atoms with Gasteiger partial charge in [0, 0.05) is 40.3 Å². The van der Waals surface area contributed by atoms with Crippen LogP contribution in [0.3, 0.4) is 0 Å². The highest BCUT2D eigenvalue weighted by Gasteiger charge is 2.32. The fourth-order valence-electron chi connectivity index (χ4n) is 4.49. The standard InChI is InChI=1S/C29H25N7OS2/c1-3-34-17-20(16-31-34)18-35-27(37)24(32-29(35)38)15-23-19(2)33-36(22-11-5-4-6-12-22)28(23)39-25-13-7-9-21-10-8-14-30-26(21)25/h4-17H,3,18H2,1-2H3,(H,32,38)/b24-15+. The molecule has 0 aliphatic carbocycles. The van der Waals surface area contributed by atoms with Gasteiger partial charge >= 0.3 is 0 Å². The minimum Gasteiger partial charge on any atom is -0.328 e. The number of hydrogen-bond donors (Lipinski definition) is 1. The van der Waals surface area contributed by atoms with Crippen LogP contribution in [0.2, 0.25) is 0 Å². The molecule has 8 nitrogen and oxygen atoms in total. The second-order valence-electron chi connectivity index (χ2n) is 9.07. The van der Waals surface area contributed by atoms with Crippen molar-refractivity contribution in [2.45, 2.75) is 36.9 Å². The minimum absolute atomic E-state index is 0.182. The number of hydrogen-bond acceptors (Lipinski definition) is 6. The number of fused-ring (bicyclic) bond motifs is 1. The van der Waals surface area contributed by atoms with Crippen LogP contribution in [0, 0.1) is 6.92 Å². The maximum absolute atomic E-state index is 13.5. The van der Waals surface area contributed by atoms with Crippen molar-refractivity contribution in [3.63, 3.8) is 0 Å². The second kappa shape index (κ2) is 10.5. The van der Waals surface area contributed by atoms with Gasteiger partial charge in [-0.25, -0.2) is 4.68 Å². The molecule has 1 amide bonds. The van der Waals surface area contributed by atoms with Crippen LogP contribution in [0.25, 0.3) is 22.7 Å². The molecule has 1 N–H and O–H groups in total. The second-order valence-corrected chi connectivity index (χ2v) is 10.5. The molecule has 0 bridgehead atoms. The van der Waals surface area contributed by atoms with Crippen molar-refractivity contribution >= 4 is 52.0 Å². The maximum atomic E-state index is 13.5. The van der Waals surface area contributed by atoms with E-state index in [2.05, 4.69) is 33.6 Å². The lowest BCUT2D eigenvalue weighted by atomic mass is 10.2. The molecule has 0 radical (unpaired) electrons. The highest BCUT2D eigenvalue weighted by atomic mass is 32.2. The van der Waals surface area contributed by atoms with Gasteiger partial charge in [0.2, 0.25) is 0 Å². The van der Waals surface area contributed by atoms with Gasteiger partial charge < -0.3 is 5.32 Å². The van der Waals surface area contributed by atoms with Crippen molar-refractivity contribution in [3.8, 4) is 5.69 Å². The summed E-state index contributed by atoms with van der Waals surface area (Å²) in [6.45, 7) is 5.09. The first-order chi connectivity index (χ1) is 19.0. The highest BCUT2D eigenvalue weighted by Crippen LogP contribution is 2.38.